The van der Waals surface area contributed by atoms with Crippen LogP contribution in [0.1, 0.15) is 11.7 Å². The molecule has 0 fully saturated rings. The molecule has 0 radical (unpaired) electrons. The molecule has 1 aromatic carbocycles. The molecule has 0 aliphatic rings. The van der Waals surface area contributed by atoms with Crippen LogP contribution >= 0.6 is 23.8 Å². The average molecular weight is 299 g/mol. The van der Waals surface area contributed by atoms with Crippen molar-refractivity contribution in [3.8, 4) is 0 Å². The molecule has 5 nitrogen and oxygen atoms in total. The van der Waals surface area contributed by atoms with E-state index in [1.807, 2.05) is 0 Å². The highest BCUT2D eigenvalue weighted by molar-refractivity contribution is 7.71. The third-order valence-corrected chi connectivity index (χ3v) is 3.30. The van der Waals surface area contributed by atoms with Crippen molar-refractivity contribution < 1.29 is 8.91 Å². The number of aromatic amines is 1. The fourth-order valence-electron chi connectivity index (χ4n) is 1.86. The number of nitrogens with zero attached hydrogens (tertiary/aromatic N) is 3. The van der Waals surface area contributed by atoms with Crippen LogP contribution in [0, 0.1) is 17.5 Å². The average Bonchev–Trinajstić information content (AvgIpc) is 2.87. The minimum Gasteiger partial charge on any atom is -0.340 e. The molecule has 19 heavy (non-hydrogen) atoms. The van der Waals surface area contributed by atoms with E-state index in [-0.39, 0.29) is 5.02 Å². The van der Waals surface area contributed by atoms with Crippen molar-refractivity contribution >= 4 is 34.9 Å². The molecule has 0 spiro atoms. The number of hydrogen-bond donors (Lipinski definition) is 1. The summed E-state index contributed by atoms with van der Waals surface area (Å²) in [5, 5.41) is 3.85. The smallest absolute Gasteiger partial charge is 0.223 e. The zero-order valence-corrected chi connectivity index (χ0v) is 11.3. The summed E-state index contributed by atoms with van der Waals surface area (Å²) in [6.45, 7) is 2.04. The van der Waals surface area contributed by atoms with Crippen molar-refractivity contribution in [2.75, 3.05) is 0 Å². The van der Waals surface area contributed by atoms with Crippen LogP contribution in [0.25, 0.3) is 11.0 Å². The van der Waals surface area contributed by atoms with Gasteiger partial charge in [-0.3, -0.25) is 0 Å². The van der Waals surface area contributed by atoms with Gasteiger partial charge in [-0.1, -0.05) is 16.8 Å². The summed E-state index contributed by atoms with van der Waals surface area (Å²) in [5.74, 6) is 0.480. The fraction of sp³-hybridized carbons (Fsp3) is 0.182. The van der Waals surface area contributed by atoms with Crippen molar-refractivity contribution in [2.24, 2.45) is 0 Å². The first-order chi connectivity index (χ1) is 9.04. The second-order valence-corrected chi connectivity index (χ2v) is 4.82. The molecule has 0 saturated heterocycles. The lowest BCUT2D eigenvalue weighted by Gasteiger charge is -2.01. The standard InChI is InChI=1S/C11H8ClFN4OS/c1-5-14-10(16-18-5)4-17-9-2-6(12)7(13)3-8(9)15-11(17)19/h2-3H,4H2,1H3,(H,15,19). The Morgan fingerprint density at radius 3 is 3.00 bits per heavy atom. The zero-order valence-electron chi connectivity index (χ0n) is 9.78. The molecular formula is C11H8ClFN4OS. The van der Waals surface area contributed by atoms with Crippen molar-refractivity contribution in [1.29, 1.82) is 0 Å². The van der Waals surface area contributed by atoms with E-state index in [1.54, 1.807) is 11.5 Å². The maximum atomic E-state index is 13.4. The molecular weight excluding hydrogens is 291 g/mol. The highest BCUT2D eigenvalue weighted by Crippen LogP contribution is 2.23. The maximum Gasteiger partial charge on any atom is 0.223 e. The number of aromatic nitrogens is 4. The monoisotopic (exact) mass is 298 g/mol. The van der Waals surface area contributed by atoms with Gasteiger partial charge in [-0.25, -0.2) is 4.39 Å². The molecule has 0 atom stereocenters. The van der Waals surface area contributed by atoms with Gasteiger partial charge in [0.15, 0.2) is 10.6 Å². The maximum absolute atomic E-state index is 13.4. The number of halogens is 2. The van der Waals surface area contributed by atoms with E-state index in [1.165, 1.54) is 12.1 Å². The largest absolute Gasteiger partial charge is 0.340 e. The number of rotatable bonds is 2. The molecule has 2 heterocycles. The third kappa shape index (κ3) is 2.15. The van der Waals surface area contributed by atoms with Crippen LogP contribution in [0.2, 0.25) is 5.02 Å². The summed E-state index contributed by atoms with van der Waals surface area (Å²) in [6, 6.07) is 2.83. The van der Waals surface area contributed by atoms with Gasteiger partial charge in [0.2, 0.25) is 5.89 Å². The molecule has 0 aliphatic carbocycles. The fourth-order valence-corrected chi connectivity index (χ4v) is 2.29. The number of H-pyrrole nitrogens is 1. The van der Waals surface area contributed by atoms with Crippen LogP contribution < -0.4 is 0 Å². The minimum absolute atomic E-state index is 0.0412. The van der Waals surface area contributed by atoms with Crippen molar-refractivity contribution in [3.63, 3.8) is 0 Å². The van der Waals surface area contributed by atoms with E-state index in [4.69, 9.17) is 28.3 Å². The number of imidazole rings is 1. The first kappa shape index (κ1) is 12.3. The summed E-state index contributed by atoms with van der Waals surface area (Å²) in [7, 11) is 0. The van der Waals surface area contributed by atoms with E-state index in [2.05, 4.69) is 15.1 Å². The Morgan fingerprint density at radius 1 is 1.53 bits per heavy atom. The quantitative estimate of drug-likeness (QED) is 0.738. The lowest BCUT2D eigenvalue weighted by molar-refractivity contribution is 0.386. The molecule has 0 saturated carbocycles. The first-order valence-corrected chi connectivity index (χ1v) is 6.20. The predicted molar refractivity (Wildman–Crippen MR) is 70.2 cm³/mol. The number of benzene rings is 1. The van der Waals surface area contributed by atoms with Crippen LogP contribution in [0.5, 0.6) is 0 Å². The molecule has 1 N–H and O–H groups in total. The summed E-state index contributed by atoms with van der Waals surface area (Å²) in [4.78, 5) is 7.02. The summed E-state index contributed by atoms with van der Waals surface area (Å²) < 4.78 is 20.5. The highest BCUT2D eigenvalue weighted by atomic mass is 35.5. The van der Waals surface area contributed by atoms with Crippen LogP contribution in [0.4, 0.5) is 4.39 Å². The first-order valence-electron chi connectivity index (χ1n) is 5.41. The Labute approximate surface area is 117 Å². The number of fused-ring (bicyclic) bond motifs is 1. The van der Waals surface area contributed by atoms with Gasteiger partial charge in [-0.05, 0) is 18.3 Å². The van der Waals surface area contributed by atoms with Crippen molar-refractivity contribution in [3.05, 3.63) is 39.5 Å². The predicted octanol–water partition coefficient (Wildman–Crippen LogP) is 3.23. The van der Waals surface area contributed by atoms with Gasteiger partial charge in [0, 0.05) is 13.0 Å². The van der Waals surface area contributed by atoms with Gasteiger partial charge in [-0.15, -0.1) is 0 Å². The summed E-state index contributed by atoms with van der Waals surface area (Å²) >= 11 is 11.0. The van der Waals surface area contributed by atoms with Gasteiger partial charge in [0.1, 0.15) is 5.82 Å². The molecule has 3 rings (SSSR count). The SMILES string of the molecule is Cc1nc(Cn2c(=S)[nH]c3cc(F)c(Cl)cc32)no1. The number of aryl methyl sites for hydroxylation is 1. The van der Waals surface area contributed by atoms with Crippen molar-refractivity contribution in [1.82, 2.24) is 19.7 Å². The van der Waals surface area contributed by atoms with Crippen LogP contribution in [-0.4, -0.2) is 19.7 Å². The molecule has 8 heteroatoms. The topological polar surface area (TPSA) is 59.6 Å². The normalized spacial score (nSPS) is 11.3. The minimum atomic E-state index is -0.493. The van der Waals surface area contributed by atoms with Crippen LogP contribution in [-0.2, 0) is 6.54 Å². The lowest BCUT2D eigenvalue weighted by Crippen LogP contribution is -2.01. The van der Waals surface area contributed by atoms with Crippen LogP contribution in [0.3, 0.4) is 0 Å². The summed E-state index contributed by atoms with van der Waals surface area (Å²) in [5.41, 5.74) is 1.27. The molecule has 0 amide bonds. The summed E-state index contributed by atoms with van der Waals surface area (Å²) in [6.07, 6.45) is 0. The van der Waals surface area contributed by atoms with E-state index in [0.29, 0.717) is 34.1 Å². The molecule has 98 valence electrons. The Balaban J connectivity index is 2.15. The molecule has 0 bridgehead atoms. The Kier molecular flexibility index (Phi) is 2.87. The van der Waals surface area contributed by atoms with Crippen molar-refractivity contribution in [2.45, 2.75) is 13.5 Å². The third-order valence-electron chi connectivity index (χ3n) is 2.69. The van der Waals surface area contributed by atoms with Gasteiger partial charge in [0.25, 0.3) is 0 Å². The van der Waals surface area contributed by atoms with E-state index < -0.39 is 5.82 Å². The van der Waals surface area contributed by atoms with E-state index in [0.717, 1.165) is 0 Å². The molecule has 0 aliphatic heterocycles. The van der Waals surface area contributed by atoms with Crippen LogP contribution in [0.15, 0.2) is 16.7 Å². The molecule has 0 unspecified atom stereocenters. The van der Waals surface area contributed by atoms with Gasteiger partial charge < -0.3 is 14.1 Å². The van der Waals surface area contributed by atoms with E-state index >= 15 is 0 Å². The highest BCUT2D eigenvalue weighted by Gasteiger charge is 2.11. The van der Waals surface area contributed by atoms with Gasteiger partial charge in [-0.2, -0.15) is 4.98 Å². The second-order valence-electron chi connectivity index (χ2n) is 4.03. The lowest BCUT2D eigenvalue weighted by atomic mass is 10.3. The number of hydrogen-bond acceptors (Lipinski definition) is 4. The number of nitrogens with one attached hydrogen (secondary N) is 1. The van der Waals surface area contributed by atoms with Gasteiger partial charge in [0.05, 0.1) is 22.6 Å². The Bertz CT molecular complexity index is 822. The molecule has 3 aromatic rings. The zero-order chi connectivity index (χ0) is 13.6. The van der Waals surface area contributed by atoms with Gasteiger partial charge >= 0.3 is 0 Å². The Hall–Kier alpha value is -1.73. The molecule has 2 aromatic heterocycles. The second kappa shape index (κ2) is 4.43. The van der Waals surface area contributed by atoms with E-state index in [9.17, 15) is 4.39 Å². The Morgan fingerprint density at radius 2 is 2.32 bits per heavy atom.